The van der Waals surface area contributed by atoms with Crippen LogP contribution in [0.15, 0.2) is 48.7 Å². The van der Waals surface area contributed by atoms with Crippen LogP contribution in [-0.2, 0) is 27.8 Å². The van der Waals surface area contributed by atoms with Crippen LogP contribution in [0.2, 0.25) is 5.02 Å². The molecule has 3 aliphatic carbocycles. The van der Waals surface area contributed by atoms with Gasteiger partial charge in [0.25, 0.3) is 0 Å². The summed E-state index contributed by atoms with van der Waals surface area (Å²) in [5.74, 6) is 3.26. The summed E-state index contributed by atoms with van der Waals surface area (Å²) < 4.78 is 19.9. The van der Waals surface area contributed by atoms with Gasteiger partial charge < -0.3 is 24.6 Å². The van der Waals surface area contributed by atoms with Gasteiger partial charge in [0.05, 0.1) is 13.2 Å². The van der Waals surface area contributed by atoms with Crippen LogP contribution >= 0.6 is 11.6 Å². The Morgan fingerprint density at radius 2 is 1.88 bits per heavy atom. The van der Waals surface area contributed by atoms with Gasteiger partial charge in [0.2, 0.25) is 0 Å². The van der Waals surface area contributed by atoms with Gasteiger partial charge >= 0.3 is 5.97 Å². The number of carbonyl (C=O) groups is 2. The monoisotopic (exact) mass is 783 g/mol. The number of likely N-dealkylation sites (tertiary alicyclic amines) is 1. The Bertz CT molecular complexity index is 1920. The average Bonchev–Trinajstić information content (AvgIpc) is 3.30. The van der Waals surface area contributed by atoms with Crippen LogP contribution in [0.25, 0.3) is 0 Å². The Morgan fingerprint density at radius 1 is 1.07 bits per heavy atom. The third-order valence-electron chi connectivity index (χ3n) is 14.0. The predicted molar refractivity (Wildman–Crippen MR) is 218 cm³/mol. The maximum absolute atomic E-state index is 13.1. The Morgan fingerprint density at radius 3 is 2.62 bits per heavy atom. The number of nitrogens with one attached hydrogen (secondary N) is 1. The molecule has 2 aliphatic heterocycles. The highest BCUT2D eigenvalue weighted by molar-refractivity contribution is 6.30. The van der Waals surface area contributed by atoms with E-state index >= 15 is 0 Å². The lowest BCUT2D eigenvalue weighted by atomic mass is 9.59. The van der Waals surface area contributed by atoms with Crippen LogP contribution in [0.4, 0.5) is 5.69 Å². The number of piperidine rings is 1. The SMILES string of the molecule is CC(=O)C1CCN(CC2CCOc3cc4c(cc3O2)C2(CCC(Nc3cccc(Cl)c3)(C(=O)O)CC2)C(C[C@@H](C)COc2ccnc3c2[C@H](C)CCC3)C4)CC1. The molecular formula is C46H58ClN3O6. The number of ether oxygens (including phenoxy) is 3. The number of aromatic nitrogens is 1. The highest BCUT2D eigenvalue weighted by Crippen LogP contribution is 2.58. The number of fused-ring (bicyclic) bond motifs is 4. The number of nitrogens with zero attached hydrogens (tertiary/aromatic N) is 2. The molecule has 1 aromatic heterocycles. The van der Waals surface area contributed by atoms with E-state index < -0.39 is 11.5 Å². The number of halogens is 1. The van der Waals surface area contributed by atoms with Crippen LogP contribution in [0.3, 0.4) is 0 Å². The molecule has 1 spiro atoms. The average molecular weight is 784 g/mol. The zero-order valence-electron chi connectivity index (χ0n) is 33.3. The maximum Gasteiger partial charge on any atom is 0.329 e. The smallest absolute Gasteiger partial charge is 0.329 e. The van der Waals surface area contributed by atoms with Crippen molar-refractivity contribution in [3.8, 4) is 17.2 Å². The van der Waals surface area contributed by atoms with Crippen molar-refractivity contribution >= 4 is 29.0 Å². The standard InChI is InChI=1S/C46H58ClN3O6/c1-29(28-55-40-10-18-48-39-9-4-6-30(2)43(39)40)22-34-23-33-24-41-42(56-37(13-21-54-41)27-50-19-11-32(12-20-50)31(3)51)26-38(33)45(34)14-16-46(17-15-45,44(52)53)49-36-8-5-7-35(47)25-36/h5,7-8,10,18,24-26,29-30,32,34,37,49H,4,6,9,11-17,19-23,27-28H2,1-3H3,(H,52,53)/t29-,30-,34?,37?,45?,46?/m1/s1. The number of carboxylic acids is 1. The molecule has 3 heterocycles. The first-order valence-electron chi connectivity index (χ1n) is 21.1. The van der Waals surface area contributed by atoms with E-state index in [1.54, 1.807) is 19.1 Å². The van der Waals surface area contributed by atoms with E-state index in [0.717, 1.165) is 100 Å². The molecule has 300 valence electrons. The maximum atomic E-state index is 13.1. The number of hydrogen-bond donors (Lipinski definition) is 2. The third-order valence-corrected chi connectivity index (χ3v) is 14.2. The second kappa shape index (κ2) is 16.2. The number of aryl methyl sites for hydroxylation is 1. The molecule has 4 atom stereocenters. The van der Waals surface area contributed by atoms with Crippen LogP contribution in [0.1, 0.15) is 113 Å². The van der Waals surface area contributed by atoms with E-state index in [0.29, 0.717) is 48.7 Å². The summed E-state index contributed by atoms with van der Waals surface area (Å²) in [7, 11) is 0. The number of Topliss-reactive ketones (excluding diaryl/α,β-unsaturated/α-hetero) is 1. The van der Waals surface area contributed by atoms with Crippen molar-refractivity contribution in [2.75, 3.05) is 38.2 Å². The summed E-state index contributed by atoms with van der Waals surface area (Å²) in [6.07, 6.45) is 12.2. The number of hydrogen-bond acceptors (Lipinski definition) is 8. The lowest BCUT2D eigenvalue weighted by Gasteiger charge is -2.47. The van der Waals surface area contributed by atoms with Crippen LogP contribution < -0.4 is 19.5 Å². The van der Waals surface area contributed by atoms with E-state index in [1.165, 1.54) is 28.8 Å². The Kier molecular flexibility index (Phi) is 11.3. The fourth-order valence-electron chi connectivity index (χ4n) is 10.8. The van der Waals surface area contributed by atoms with Crippen molar-refractivity contribution in [1.29, 1.82) is 0 Å². The van der Waals surface area contributed by atoms with Crippen molar-refractivity contribution in [2.45, 2.75) is 121 Å². The number of rotatable bonds is 11. The Labute approximate surface area is 336 Å². The van der Waals surface area contributed by atoms with Gasteiger partial charge in [0.1, 0.15) is 23.2 Å². The highest BCUT2D eigenvalue weighted by atomic mass is 35.5. The summed E-state index contributed by atoms with van der Waals surface area (Å²) in [5.41, 5.74) is 4.46. The lowest BCUT2D eigenvalue weighted by Crippen LogP contribution is -2.53. The van der Waals surface area contributed by atoms with E-state index in [2.05, 4.69) is 41.2 Å². The number of carbonyl (C=O) groups excluding carboxylic acids is 1. The van der Waals surface area contributed by atoms with Gasteiger partial charge in [-0.2, -0.15) is 0 Å². The molecule has 10 heteroatoms. The van der Waals surface area contributed by atoms with Crippen molar-refractivity contribution in [3.63, 3.8) is 0 Å². The molecule has 9 nitrogen and oxygen atoms in total. The second-order valence-electron chi connectivity index (χ2n) is 17.7. The first kappa shape index (κ1) is 39.0. The van der Waals surface area contributed by atoms with Crippen LogP contribution in [-0.4, -0.2) is 71.2 Å². The van der Waals surface area contributed by atoms with Gasteiger partial charge in [-0.05, 0) is 161 Å². The van der Waals surface area contributed by atoms with E-state index in [-0.39, 0.29) is 23.4 Å². The number of benzene rings is 2. The molecule has 5 aliphatic rings. The number of carboxylic acid groups (broad SMARTS) is 1. The quantitative estimate of drug-likeness (QED) is 0.197. The minimum atomic E-state index is -1.10. The van der Waals surface area contributed by atoms with Crippen LogP contribution in [0, 0.1) is 17.8 Å². The molecule has 2 fully saturated rings. The topological polar surface area (TPSA) is 110 Å². The fraction of sp³-hybridized carbons (Fsp3) is 0.587. The molecule has 0 radical (unpaired) electrons. The van der Waals surface area contributed by atoms with Gasteiger partial charge in [-0.3, -0.25) is 14.7 Å². The van der Waals surface area contributed by atoms with Gasteiger partial charge in [0.15, 0.2) is 11.5 Å². The van der Waals surface area contributed by atoms with Crippen molar-refractivity contribution in [2.24, 2.45) is 17.8 Å². The molecule has 1 saturated carbocycles. The molecule has 56 heavy (non-hydrogen) atoms. The Hall–Kier alpha value is -3.82. The van der Waals surface area contributed by atoms with Crippen molar-refractivity contribution in [1.82, 2.24) is 9.88 Å². The second-order valence-corrected chi connectivity index (χ2v) is 18.1. The zero-order chi connectivity index (χ0) is 39.0. The highest BCUT2D eigenvalue weighted by Gasteiger charge is 2.54. The van der Waals surface area contributed by atoms with E-state index in [9.17, 15) is 14.7 Å². The zero-order valence-corrected chi connectivity index (χ0v) is 34.0. The molecule has 1 saturated heterocycles. The van der Waals surface area contributed by atoms with Crippen molar-refractivity contribution in [3.05, 3.63) is 76.1 Å². The largest absolute Gasteiger partial charge is 0.493 e. The molecule has 8 rings (SSSR count). The first-order valence-corrected chi connectivity index (χ1v) is 21.5. The van der Waals surface area contributed by atoms with Gasteiger partial charge in [-0.15, -0.1) is 0 Å². The normalized spacial score (nSPS) is 28.2. The first-order chi connectivity index (χ1) is 27.0. The molecule has 2 N–H and O–H groups in total. The molecule has 2 aromatic carbocycles. The molecule has 0 amide bonds. The minimum Gasteiger partial charge on any atom is -0.493 e. The summed E-state index contributed by atoms with van der Waals surface area (Å²) in [4.78, 5) is 32.2. The summed E-state index contributed by atoms with van der Waals surface area (Å²) >= 11 is 6.33. The number of aliphatic carboxylic acids is 1. The fourth-order valence-corrected chi connectivity index (χ4v) is 11.0. The summed E-state index contributed by atoms with van der Waals surface area (Å²) in [6, 6.07) is 13.9. The van der Waals surface area contributed by atoms with Crippen molar-refractivity contribution < 1.29 is 28.9 Å². The third kappa shape index (κ3) is 7.87. The van der Waals surface area contributed by atoms with E-state index in [1.807, 2.05) is 24.4 Å². The summed E-state index contributed by atoms with van der Waals surface area (Å²) in [6.45, 7) is 10.1. The van der Waals surface area contributed by atoms with Gasteiger partial charge in [-0.25, -0.2) is 4.79 Å². The summed E-state index contributed by atoms with van der Waals surface area (Å²) in [5, 5.41) is 14.8. The van der Waals surface area contributed by atoms with Gasteiger partial charge in [0, 0.05) is 47.0 Å². The van der Waals surface area contributed by atoms with Crippen LogP contribution in [0.5, 0.6) is 17.2 Å². The molecular weight excluding hydrogens is 726 g/mol. The number of pyridine rings is 1. The molecule has 2 unspecified atom stereocenters. The number of ketones is 1. The minimum absolute atomic E-state index is 0.0111. The predicted octanol–water partition coefficient (Wildman–Crippen LogP) is 9.03. The Balaban J connectivity index is 1.04. The molecule has 3 aromatic rings. The molecule has 0 bridgehead atoms. The van der Waals surface area contributed by atoms with Gasteiger partial charge in [-0.1, -0.05) is 31.5 Å². The van der Waals surface area contributed by atoms with E-state index in [4.69, 9.17) is 25.8 Å². The lowest BCUT2D eigenvalue weighted by molar-refractivity contribution is -0.144. The number of anilines is 1.